The molecule has 0 fully saturated rings. The van der Waals surface area contributed by atoms with Crippen LogP contribution in [0.4, 0.5) is 4.39 Å². The normalized spacial score (nSPS) is 12.2. The smallest absolute Gasteiger partial charge is 0.184 e. The van der Waals surface area contributed by atoms with E-state index in [0.717, 1.165) is 6.26 Å². The molecule has 3 aromatic rings. The average Bonchev–Trinajstić information content (AvgIpc) is 3.02. The van der Waals surface area contributed by atoms with E-state index in [4.69, 9.17) is 0 Å². The Morgan fingerprint density at radius 2 is 1.46 bits per heavy atom. The highest BCUT2D eigenvalue weighted by atomic mass is 32.2. The van der Waals surface area contributed by atoms with Crippen LogP contribution in [0.1, 0.15) is 5.69 Å². The highest BCUT2D eigenvalue weighted by molar-refractivity contribution is 7.91. The van der Waals surface area contributed by atoms with E-state index in [2.05, 4.69) is 5.10 Å². The van der Waals surface area contributed by atoms with Crippen molar-refractivity contribution < 1.29 is 21.2 Å². The van der Waals surface area contributed by atoms with Crippen molar-refractivity contribution in [2.75, 3.05) is 6.26 Å². The van der Waals surface area contributed by atoms with Crippen LogP contribution in [0.15, 0.2) is 70.6 Å². The Balaban J connectivity index is 1.83. The lowest BCUT2D eigenvalue weighted by Gasteiger charge is -2.04. The molecule has 2 aromatic carbocycles. The van der Waals surface area contributed by atoms with Gasteiger partial charge in [0.15, 0.2) is 19.7 Å². The van der Waals surface area contributed by atoms with Crippen molar-refractivity contribution in [2.45, 2.75) is 15.5 Å². The van der Waals surface area contributed by atoms with E-state index in [-0.39, 0.29) is 21.4 Å². The Morgan fingerprint density at radius 3 is 2.04 bits per heavy atom. The number of benzene rings is 2. The van der Waals surface area contributed by atoms with Crippen LogP contribution >= 0.6 is 0 Å². The summed E-state index contributed by atoms with van der Waals surface area (Å²) in [5.74, 6) is -0.708. The number of rotatable bonds is 5. The lowest BCUT2D eigenvalue weighted by atomic mass is 10.3. The highest BCUT2D eigenvalue weighted by Crippen LogP contribution is 2.19. The van der Waals surface area contributed by atoms with Gasteiger partial charge in [0.1, 0.15) is 5.82 Å². The zero-order valence-electron chi connectivity index (χ0n) is 13.7. The molecule has 136 valence electrons. The summed E-state index contributed by atoms with van der Waals surface area (Å²) in [6.45, 7) is 0. The van der Waals surface area contributed by atoms with Gasteiger partial charge in [0, 0.05) is 12.5 Å². The molecule has 0 amide bonds. The fourth-order valence-electron chi connectivity index (χ4n) is 2.35. The van der Waals surface area contributed by atoms with Crippen LogP contribution in [0, 0.1) is 5.82 Å². The third kappa shape index (κ3) is 4.00. The SMILES string of the molecule is CS(=O)(=O)c1ccc(S(=O)(=O)Cc2ccn(-c3ccc(F)cc3)n2)cc1. The van der Waals surface area contributed by atoms with Crippen LogP contribution in [0.5, 0.6) is 0 Å². The van der Waals surface area contributed by atoms with Gasteiger partial charge in [-0.15, -0.1) is 0 Å². The Labute approximate surface area is 150 Å². The molecular weight excluding hydrogens is 379 g/mol. The van der Waals surface area contributed by atoms with Gasteiger partial charge in [-0.05, 0) is 54.6 Å². The highest BCUT2D eigenvalue weighted by Gasteiger charge is 2.18. The van der Waals surface area contributed by atoms with Gasteiger partial charge in [0.05, 0.1) is 26.9 Å². The summed E-state index contributed by atoms with van der Waals surface area (Å²) < 4.78 is 62.4. The fourth-order valence-corrected chi connectivity index (χ4v) is 4.24. The van der Waals surface area contributed by atoms with Crippen LogP contribution in [0.2, 0.25) is 0 Å². The molecular formula is C17H15FN2O4S2. The van der Waals surface area contributed by atoms with Crippen molar-refractivity contribution in [1.82, 2.24) is 9.78 Å². The molecule has 0 spiro atoms. The lowest BCUT2D eigenvalue weighted by Crippen LogP contribution is -2.07. The Kier molecular flexibility index (Phi) is 4.68. The van der Waals surface area contributed by atoms with Gasteiger partial charge in [0.2, 0.25) is 0 Å². The van der Waals surface area contributed by atoms with Gasteiger partial charge in [-0.2, -0.15) is 5.10 Å². The largest absolute Gasteiger partial charge is 0.241 e. The second-order valence-electron chi connectivity index (χ2n) is 5.73. The van der Waals surface area contributed by atoms with E-state index in [9.17, 15) is 21.2 Å². The summed E-state index contributed by atoms with van der Waals surface area (Å²) in [5.41, 5.74) is 0.925. The van der Waals surface area contributed by atoms with Crippen molar-refractivity contribution in [3.8, 4) is 5.69 Å². The van der Waals surface area contributed by atoms with Crippen LogP contribution in [-0.2, 0) is 25.4 Å². The van der Waals surface area contributed by atoms with Gasteiger partial charge >= 0.3 is 0 Å². The van der Waals surface area contributed by atoms with E-state index < -0.39 is 19.7 Å². The molecule has 0 aliphatic carbocycles. The molecule has 1 aromatic heterocycles. The molecule has 0 saturated heterocycles. The number of nitrogens with zero attached hydrogens (tertiary/aromatic N) is 2. The molecule has 0 saturated carbocycles. The summed E-state index contributed by atoms with van der Waals surface area (Å²) in [6.07, 6.45) is 2.64. The predicted molar refractivity (Wildman–Crippen MR) is 94.0 cm³/mol. The molecule has 26 heavy (non-hydrogen) atoms. The summed E-state index contributed by atoms with van der Waals surface area (Å²) >= 11 is 0. The first kappa shape index (κ1) is 18.3. The zero-order valence-corrected chi connectivity index (χ0v) is 15.3. The summed E-state index contributed by atoms with van der Waals surface area (Å²) in [7, 11) is -7.07. The van der Waals surface area contributed by atoms with Gasteiger partial charge in [-0.3, -0.25) is 0 Å². The van der Waals surface area contributed by atoms with Crippen LogP contribution < -0.4 is 0 Å². The lowest BCUT2D eigenvalue weighted by molar-refractivity contribution is 0.592. The number of hydrogen-bond donors (Lipinski definition) is 0. The maximum atomic E-state index is 13.0. The van der Waals surface area contributed by atoms with E-state index in [1.807, 2.05) is 0 Å². The minimum atomic E-state index is -3.68. The van der Waals surface area contributed by atoms with Crippen molar-refractivity contribution in [2.24, 2.45) is 0 Å². The third-order valence-electron chi connectivity index (χ3n) is 3.68. The van der Waals surface area contributed by atoms with Crippen molar-refractivity contribution in [1.29, 1.82) is 0 Å². The van der Waals surface area contributed by atoms with Gasteiger partial charge in [-0.25, -0.2) is 25.9 Å². The van der Waals surface area contributed by atoms with E-state index in [0.29, 0.717) is 11.4 Å². The number of hydrogen-bond acceptors (Lipinski definition) is 5. The first-order valence-electron chi connectivity index (χ1n) is 7.48. The van der Waals surface area contributed by atoms with E-state index >= 15 is 0 Å². The molecule has 0 atom stereocenters. The minimum absolute atomic E-state index is 0.0150. The number of halogens is 1. The summed E-state index contributed by atoms with van der Waals surface area (Å²) in [6, 6.07) is 12.3. The minimum Gasteiger partial charge on any atom is -0.241 e. The number of aromatic nitrogens is 2. The monoisotopic (exact) mass is 394 g/mol. The van der Waals surface area contributed by atoms with Crippen molar-refractivity contribution >= 4 is 19.7 Å². The molecule has 6 nitrogen and oxygen atoms in total. The summed E-state index contributed by atoms with van der Waals surface area (Å²) in [4.78, 5) is 0.0678. The van der Waals surface area contributed by atoms with Crippen molar-refractivity contribution in [3.05, 3.63) is 72.3 Å². The second-order valence-corrected chi connectivity index (χ2v) is 9.74. The predicted octanol–water partition coefficient (Wildman–Crippen LogP) is 2.39. The zero-order chi connectivity index (χ0) is 18.9. The van der Waals surface area contributed by atoms with E-state index in [1.54, 1.807) is 12.3 Å². The molecule has 9 heteroatoms. The van der Waals surface area contributed by atoms with E-state index in [1.165, 1.54) is 53.2 Å². The molecule has 0 aliphatic heterocycles. The second kappa shape index (κ2) is 6.65. The Bertz CT molecular complexity index is 1130. The summed E-state index contributed by atoms with van der Waals surface area (Å²) in [5, 5.41) is 4.20. The first-order chi connectivity index (χ1) is 12.1. The molecule has 0 aliphatic rings. The molecule has 3 rings (SSSR count). The Hall–Kier alpha value is -2.52. The third-order valence-corrected chi connectivity index (χ3v) is 6.48. The van der Waals surface area contributed by atoms with Crippen LogP contribution in [0.25, 0.3) is 5.69 Å². The maximum absolute atomic E-state index is 13.0. The molecule has 0 unspecified atom stereocenters. The van der Waals surface area contributed by atoms with Crippen molar-refractivity contribution in [3.63, 3.8) is 0 Å². The van der Waals surface area contributed by atoms with Crippen LogP contribution in [0.3, 0.4) is 0 Å². The molecule has 0 radical (unpaired) electrons. The van der Waals surface area contributed by atoms with Gasteiger partial charge in [-0.1, -0.05) is 0 Å². The Morgan fingerprint density at radius 1 is 0.885 bits per heavy atom. The quantitative estimate of drug-likeness (QED) is 0.663. The average molecular weight is 394 g/mol. The number of sulfone groups is 2. The molecule has 0 bridgehead atoms. The van der Waals surface area contributed by atoms with Gasteiger partial charge in [0.25, 0.3) is 0 Å². The first-order valence-corrected chi connectivity index (χ1v) is 11.0. The molecule has 0 N–H and O–H groups in total. The van der Waals surface area contributed by atoms with Gasteiger partial charge < -0.3 is 0 Å². The standard InChI is InChI=1S/C17H15FN2O4S2/c1-25(21,22)16-6-8-17(9-7-16)26(23,24)12-14-10-11-20(19-14)15-4-2-13(18)3-5-15/h2-11H,12H2,1H3. The maximum Gasteiger partial charge on any atom is 0.184 e. The fraction of sp³-hybridized carbons (Fsp3) is 0.118. The topological polar surface area (TPSA) is 86.1 Å². The molecule has 1 heterocycles. The van der Waals surface area contributed by atoms with Crippen LogP contribution in [-0.4, -0.2) is 32.9 Å².